The van der Waals surface area contributed by atoms with E-state index < -0.39 is 6.10 Å². The summed E-state index contributed by atoms with van der Waals surface area (Å²) < 4.78 is 17.4. The molecule has 0 aromatic heterocycles. The minimum atomic E-state index is -0.647. The highest BCUT2D eigenvalue weighted by Gasteiger charge is 2.24. The van der Waals surface area contributed by atoms with E-state index in [9.17, 15) is 5.11 Å². The smallest absolute Gasteiger partial charge is 0.194 e. The molecular formula is C23H37N3O4. The van der Waals surface area contributed by atoms with E-state index in [4.69, 9.17) is 14.2 Å². The number of likely N-dealkylation sites (tertiary alicyclic amines) is 1. The summed E-state index contributed by atoms with van der Waals surface area (Å²) in [4.78, 5) is 6.90. The maximum Gasteiger partial charge on any atom is 0.194 e. The average molecular weight is 420 g/mol. The van der Waals surface area contributed by atoms with E-state index in [1.54, 1.807) is 0 Å². The Morgan fingerprint density at radius 2 is 2.17 bits per heavy atom. The molecule has 2 fully saturated rings. The van der Waals surface area contributed by atoms with Gasteiger partial charge in [-0.25, -0.2) is 0 Å². The van der Waals surface area contributed by atoms with Crippen molar-refractivity contribution in [2.24, 2.45) is 4.99 Å². The number of piperidine rings is 1. The first-order valence-electron chi connectivity index (χ1n) is 11.3. The summed E-state index contributed by atoms with van der Waals surface area (Å²) in [5.41, 5.74) is 1.14. The van der Waals surface area contributed by atoms with Crippen molar-refractivity contribution in [3.05, 3.63) is 29.8 Å². The van der Waals surface area contributed by atoms with Crippen molar-refractivity contribution < 1.29 is 19.3 Å². The zero-order valence-corrected chi connectivity index (χ0v) is 18.4. The van der Waals surface area contributed by atoms with Gasteiger partial charge in [-0.3, -0.25) is 4.99 Å². The first-order chi connectivity index (χ1) is 14.6. The average Bonchev–Trinajstić information content (AvgIpc) is 3.28. The van der Waals surface area contributed by atoms with Crippen LogP contribution in [0.4, 0.5) is 0 Å². The van der Waals surface area contributed by atoms with Gasteiger partial charge in [-0.15, -0.1) is 0 Å². The third kappa shape index (κ3) is 7.45. The van der Waals surface area contributed by atoms with Crippen LogP contribution in [0, 0.1) is 6.92 Å². The maximum absolute atomic E-state index is 10.3. The topological polar surface area (TPSA) is 75.6 Å². The van der Waals surface area contributed by atoms with Crippen LogP contribution in [0.15, 0.2) is 29.3 Å². The first-order valence-corrected chi connectivity index (χ1v) is 11.3. The number of nitrogens with one attached hydrogen (secondary N) is 1. The fourth-order valence-corrected chi connectivity index (χ4v) is 3.82. The molecule has 2 atom stereocenters. The van der Waals surface area contributed by atoms with Gasteiger partial charge in [-0.2, -0.15) is 0 Å². The number of hydrogen-bond acceptors (Lipinski definition) is 5. The number of ether oxygens (including phenoxy) is 3. The molecular weight excluding hydrogens is 382 g/mol. The Morgan fingerprint density at radius 3 is 2.87 bits per heavy atom. The first kappa shape index (κ1) is 22.8. The molecule has 0 amide bonds. The number of benzene rings is 1. The number of aryl methyl sites for hydroxylation is 1. The van der Waals surface area contributed by atoms with Crippen LogP contribution in [0.1, 0.15) is 38.2 Å². The summed E-state index contributed by atoms with van der Waals surface area (Å²) in [6.07, 6.45) is 4.16. The van der Waals surface area contributed by atoms with Crippen molar-refractivity contribution >= 4 is 5.96 Å². The molecule has 0 bridgehead atoms. The molecule has 2 N–H and O–H groups in total. The third-order valence-electron chi connectivity index (χ3n) is 5.50. The summed E-state index contributed by atoms with van der Waals surface area (Å²) in [5, 5.41) is 13.6. The normalized spacial score (nSPS) is 21.6. The Hall–Kier alpha value is -1.83. The Morgan fingerprint density at radius 1 is 1.33 bits per heavy atom. The summed E-state index contributed by atoms with van der Waals surface area (Å²) in [6.45, 7) is 8.80. The van der Waals surface area contributed by atoms with Gasteiger partial charge in [0.2, 0.25) is 0 Å². The lowest BCUT2D eigenvalue weighted by atomic mass is 10.1. The lowest BCUT2D eigenvalue weighted by molar-refractivity contribution is -0.0367. The maximum atomic E-state index is 10.3. The fourth-order valence-electron chi connectivity index (χ4n) is 3.82. The molecule has 2 aliphatic heterocycles. The van der Waals surface area contributed by atoms with Crippen LogP contribution in [-0.4, -0.2) is 80.3 Å². The van der Waals surface area contributed by atoms with Crippen molar-refractivity contribution in [1.29, 1.82) is 0 Å². The van der Waals surface area contributed by atoms with Crippen LogP contribution in [0.5, 0.6) is 5.75 Å². The Labute approximate surface area is 180 Å². The summed E-state index contributed by atoms with van der Waals surface area (Å²) in [5.74, 6) is 1.62. The number of hydrogen-bond donors (Lipinski definition) is 2. The SMILES string of the molecule is CCNC(=NCC(O)COc1cccc(C)c1)N1CCC(OCC2CCCO2)CC1. The molecule has 0 saturated carbocycles. The van der Waals surface area contributed by atoms with Gasteiger partial charge in [0.1, 0.15) is 18.5 Å². The molecule has 2 aliphatic rings. The molecule has 0 radical (unpaired) electrons. The van der Waals surface area contributed by atoms with Crippen LogP contribution >= 0.6 is 0 Å². The van der Waals surface area contributed by atoms with Gasteiger partial charge in [0, 0.05) is 26.2 Å². The van der Waals surface area contributed by atoms with Gasteiger partial charge in [0.15, 0.2) is 5.96 Å². The quantitative estimate of drug-likeness (QED) is 0.473. The molecule has 30 heavy (non-hydrogen) atoms. The molecule has 1 aromatic rings. The number of aliphatic hydroxyl groups excluding tert-OH is 1. The van der Waals surface area contributed by atoms with Crippen LogP contribution in [-0.2, 0) is 9.47 Å². The van der Waals surface area contributed by atoms with E-state index in [2.05, 4.69) is 22.1 Å². The predicted molar refractivity (Wildman–Crippen MR) is 118 cm³/mol. The monoisotopic (exact) mass is 419 g/mol. The largest absolute Gasteiger partial charge is 0.491 e. The second-order valence-corrected chi connectivity index (χ2v) is 8.13. The van der Waals surface area contributed by atoms with E-state index in [0.29, 0.717) is 19.3 Å². The molecule has 168 valence electrons. The van der Waals surface area contributed by atoms with Crippen molar-refractivity contribution in [3.8, 4) is 5.75 Å². The minimum absolute atomic E-state index is 0.228. The summed E-state index contributed by atoms with van der Waals surface area (Å²) >= 11 is 0. The molecule has 1 aromatic carbocycles. The van der Waals surface area contributed by atoms with Gasteiger partial charge < -0.3 is 29.5 Å². The van der Waals surface area contributed by atoms with E-state index in [0.717, 1.165) is 69.2 Å². The highest BCUT2D eigenvalue weighted by molar-refractivity contribution is 5.80. The minimum Gasteiger partial charge on any atom is -0.491 e. The van der Waals surface area contributed by atoms with Gasteiger partial charge in [-0.05, 0) is 57.2 Å². The van der Waals surface area contributed by atoms with Crippen molar-refractivity contribution in [1.82, 2.24) is 10.2 Å². The number of nitrogens with zero attached hydrogens (tertiary/aromatic N) is 2. The van der Waals surface area contributed by atoms with Gasteiger partial charge >= 0.3 is 0 Å². The highest BCUT2D eigenvalue weighted by atomic mass is 16.5. The molecule has 2 heterocycles. The van der Waals surface area contributed by atoms with Crippen LogP contribution in [0.3, 0.4) is 0 Å². The zero-order valence-electron chi connectivity index (χ0n) is 18.4. The summed E-state index contributed by atoms with van der Waals surface area (Å²) in [6, 6.07) is 7.84. The van der Waals surface area contributed by atoms with Gasteiger partial charge in [0.25, 0.3) is 0 Å². The molecule has 3 rings (SSSR count). The zero-order chi connectivity index (χ0) is 21.2. The van der Waals surface area contributed by atoms with E-state index in [1.807, 2.05) is 31.2 Å². The van der Waals surface area contributed by atoms with E-state index >= 15 is 0 Å². The number of aliphatic imine (C=N–C) groups is 1. The molecule has 0 spiro atoms. The van der Waals surface area contributed by atoms with Crippen LogP contribution < -0.4 is 10.1 Å². The fraction of sp³-hybridized carbons (Fsp3) is 0.696. The number of rotatable bonds is 9. The van der Waals surface area contributed by atoms with Gasteiger partial charge in [-0.1, -0.05) is 12.1 Å². The predicted octanol–water partition coefficient (Wildman–Crippen LogP) is 2.36. The Balaban J connectivity index is 1.41. The Bertz CT molecular complexity index is 656. The molecule has 2 unspecified atom stereocenters. The van der Waals surface area contributed by atoms with Crippen molar-refractivity contribution in [2.75, 3.05) is 46.0 Å². The number of aliphatic hydroxyl groups is 1. The highest BCUT2D eigenvalue weighted by Crippen LogP contribution is 2.18. The van der Waals surface area contributed by atoms with Crippen LogP contribution in [0.2, 0.25) is 0 Å². The van der Waals surface area contributed by atoms with Crippen molar-refractivity contribution in [2.45, 2.75) is 57.8 Å². The van der Waals surface area contributed by atoms with Crippen LogP contribution in [0.25, 0.3) is 0 Å². The second-order valence-electron chi connectivity index (χ2n) is 8.13. The van der Waals surface area contributed by atoms with Crippen molar-refractivity contribution in [3.63, 3.8) is 0 Å². The molecule has 0 aliphatic carbocycles. The van der Waals surface area contributed by atoms with Gasteiger partial charge in [0.05, 0.1) is 25.4 Å². The Kier molecular flexibility index (Phi) is 9.24. The summed E-state index contributed by atoms with van der Waals surface area (Å²) in [7, 11) is 0. The standard InChI is InChI=1S/C23H37N3O4/c1-3-24-23(25-15-19(27)16-29-21-7-4-6-18(2)14-21)26-11-9-20(10-12-26)30-17-22-8-5-13-28-22/h4,6-7,14,19-20,22,27H,3,5,8-13,15-17H2,1-2H3,(H,24,25). The lowest BCUT2D eigenvalue weighted by Gasteiger charge is -2.34. The molecule has 7 nitrogen and oxygen atoms in total. The third-order valence-corrected chi connectivity index (χ3v) is 5.50. The number of guanidine groups is 1. The van der Waals surface area contributed by atoms with E-state index in [1.165, 1.54) is 0 Å². The molecule has 7 heteroatoms. The lowest BCUT2D eigenvalue weighted by Crippen LogP contribution is -2.47. The van der Waals surface area contributed by atoms with E-state index in [-0.39, 0.29) is 12.7 Å². The molecule has 2 saturated heterocycles. The second kappa shape index (κ2) is 12.1.